The Labute approximate surface area is 209 Å². The molecule has 0 saturated carbocycles. The molecule has 0 aliphatic carbocycles. The van der Waals surface area contributed by atoms with Gasteiger partial charge in [-0.2, -0.15) is 0 Å². The van der Waals surface area contributed by atoms with E-state index in [0.29, 0.717) is 29.2 Å². The van der Waals surface area contributed by atoms with Crippen LogP contribution in [-0.4, -0.2) is 57.4 Å². The number of likely N-dealkylation sites (N-methyl/N-ethyl adjacent to an activating group) is 1. The fourth-order valence-corrected chi connectivity index (χ4v) is 3.90. The third-order valence-corrected chi connectivity index (χ3v) is 5.90. The highest BCUT2D eigenvalue weighted by Gasteiger charge is 2.31. The average Bonchev–Trinajstić information content (AvgIpc) is 3.26. The molecule has 3 N–H and O–H groups in total. The number of hydrogen-bond acceptors (Lipinski definition) is 6. The zero-order valence-electron chi connectivity index (χ0n) is 21.0. The zero-order valence-corrected chi connectivity index (χ0v) is 21.0. The molecule has 0 bridgehead atoms. The van der Waals surface area contributed by atoms with E-state index >= 15 is 0 Å². The summed E-state index contributed by atoms with van der Waals surface area (Å²) in [5.41, 5.74) is 3.40. The summed E-state index contributed by atoms with van der Waals surface area (Å²) in [6, 6.07) is 10.3. The molecule has 0 fully saturated rings. The molecule has 1 aromatic heterocycles. The SMILES string of the molecule is Cc1cccc(C)c1Cc1nc(C(=O)N[C@H]2COc3ccc(C#CC(C)(C)O)cc3N(C)C2=O)n[nH]1. The van der Waals surface area contributed by atoms with Gasteiger partial charge in [0.1, 0.15) is 29.8 Å². The van der Waals surface area contributed by atoms with Gasteiger partial charge in [-0.15, -0.1) is 5.10 Å². The van der Waals surface area contributed by atoms with Crippen molar-refractivity contribution in [2.24, 2.45) is 0 Å². The fraction of sp³-hybridized carbons (Fsp3) is 0.333. The van der Waals surface area contributed by atoms with Gasteiger partial charge >= 0.3 is 0 Å². The van der Waals surface area contributed by atoms with E-state index in [2.05, 4.69) is 32.3 Å². The monoisotopic (exact) mass is 487 g/mol. The second-order valence-corrected chi connectivity index (χ2v) is 9.38. The second-order valence-electron chi connectivity index (χ2n) is 9.38. The molecule has 3 aromatic rings. The van der Waals surface area contributed by atoms with Crippen molar-refractivity contribution in [3.63, 3.8) is 0 Å². The van der Waals surface area contributed by atoms with Gasteiger partial charge in [-0.05, 0) is 62.6 Å². The predicted octanol–water partition coefficient (Wildman–Crippen LogP) is 2.29. The lowest BCUT2D eigenvalue weighted by Gasteiger charge is -2.20. The van der Waals surface area contributed by atoms with Crippen molar-refractivity contribution in [3.8, 4) is 17.6 Å². The number of aromatic amines is 1. The number of carbonyl (C=O) groups is 2. The number of nitrogens with zero attached hydrogens (tertiary/aromatic N) is 3. The van der Waals surface area contributed by atoms with Crippen LogP contribution >= 0.6 is 0 Å². The number of rotatable bonds is 4. The largest absolute Gasteiger partial charge is 0.489 e. The lowest BCUT2D eigenvalue weighted by Crippen LogP contribution is -2.49. The molecule has 2 heterocycles. The maximum absolute atomic E-state index is 13.1. The molecule has 36 heavy (non-hydrogen) atoms. The van der Waals surface area contributed by atoms with Gasteiger partial charge in [0, 0.05) is 19.0 Å². The van der Waals surface area contributed by atoms with Crippen LogP contribution in [0.4, 0.5) is 5.69 Å². The van der Waals surface area contributed by atoms with E-state index in [1.165, 1.54) is 4.90 Å². The summed E-state index contributed by atoms with van der Waals surface area (Å²) < 4.78 is 5.83. The first kappa shape index (κ1) is 24.9. The minimum Gasteiger partial charge on any atom is -0.489 e. The molecule has 1 aliphatic rings. The normalized spacial score (nSPS) is 15.3. The minimum absolute atomic E-state index is 0.0439. The van der Waals surface area contributed by atoms with Crippen molar-refractivity contribution in [1.82, 2.24) is 20.5 Å². The predicted molar refractivity (Wildman–Crippen MR) is 135 cm³/mol. The van der Waals surface area contributed by atoms with Crippen LogP contribution in [0.25, 0.3) is 0 Å². The van der Waals surface area contributed by atoms with Gasteiger partial charge < -0.3 is 20.1 Å². The molecule has 1 aliphatic heterocycles. The molecule has 4 rings (SSSR count). The summed E-state index contributed by atoms with van der Waals surface area (Å²) in [6.07, 6.45) is 0.515. The van der Waals surface area contributed by atoms with E-state index in [1.807, 2.05) is 32.0 Å². The number of aryl methyl sites for hydroxylation is 2. The van der Waals surface area contributed by atoms with Gasteiger partial charge in [-0.1, -0.05) is 30.0 Å². The number of aromatic nitrogens is 3. The number of aliphatic hydroxyl groups is 1. The van der Waals surface area contributed by atoms with Gasteiger partial charge in [-0.25, -0.2) is 4.98 Å². The minimum atomic E-state index is -1.14. The van der Waals surface area contributed by atoms with Crippen LogP contribution < -0.4 is 15.0 Å². The van der Waals surface area contributed by atoms with E-state index in [-0.39, 0.29) is 18.3 Å². The van der Waals surface area contributed by atoms with Crippen LogP contribution in [0.1, 0.15) is 52.5 Å². The average molecular weight is 488 g/mol. The molecule has 9 heteroatoms. The Morgan fingerprint density at radius 1 is 1.28 bits per heavy atom. The summed E-state index contributed by atoms with van der Waals surface area (Å²) in [5.74, 6) is 5.74. The molecule has 1 atom stereocenters. The van der Waals surface area contributed by atoms with Crippen molar-refractivity contribution >= 4 is 17.5 Å². The lowest BCUT2D eigenvalue weighted by atomic mass is 10.00. The Hall–Kier alpha value is -4.16. The number of hydrogen-bond donors (Lipinski definition) is 3. The van der Waals surface area contributed by atoms with Crippen molar-refractivity contribution in [2.75, 3.05) is 18.6 Å². The molecule has 0 saturated heterocycles. The van der Waals surface area contributed by atoms with Crippen LogP contribution in [0.3, 0.4) is 0 Å². The van der Waals surface area contributed by atoms with Crippen molar-refractivity contribution in [1.29, 1.82) is 0 Å². The van der Waals surface area contributed by atoms with E-state index in [4.69, 9.17) is 4.74 Å². The first-order valence-corrected chi connectivity index (χ1v) is 11.6. The van der Waals surface area contributed by atoms with Crippen molar-refractivity contribution in [2.45, 2.75) is 45.8 Å². The number of fused-ring (bicyclic) bond motifs is 1. The molecule has 2 amide bonds. The Morgan fingerprint density at radius 2 is 2.00 bits per heavy atom. The maximum atomic E-state index is 13.1. The zero-order chi connectivity index (χ0) is 26.0. The van der Waals surface area contributed by atoms with Crippen LogP contribution in [0.15, 0.2) is 36.4 Å². The first-order valence-electron chi connectivity index (χ1n) is 11.6. The molecular formula is C27H29N5O4. The van der Waals surface area contributed by atoms with E-state index in [9.17, 15) is 14.7 Å². The van der Waals surface area contributed by atoms with E-state index in [0.717, 1.165) is 16.7 Å². The Morgan fingerprint density at radius 3 is 2.69 bits per heavy atom. The Balaban J connectivity index is 1.47. The smallest absolute Gasteiger partial charge is 0.291 e. The van der Waals surface area contributed by atoms with Crippen molar-refractivity contribution in [3.05, 3.63) is 70.3 Å². The van der Waals surface area contributed by atoms with Crippen molar-refractivity contribution < 1.29 is 19.4 Å². The van der Waals surface area contributed by atoms with Gasteiger partial charge in [-0.3, -0.25) is 14.7 Å². The van der Waals surface area contributed by atoms with Gasteiger partial charge in [0.15, 0.2) is 0 Å². The van der Waals surface area contributed by atoms with E-state index < -0.39 is 17.6 Å². The summed E-state index contributed by atoms with van der Waals surface area (Å²) in [6.45, 7) is 7.20. The summed E-state index contributed by atoms with van der Waals surface area (Å²) in [5, 5.41) is 19.4. The van der Waals surface area contributed by atoms with Crippen LogP contribution in [0.5, 0.6) is 5.75 Å². The summed E-state index contributed by atoms with van der Waals surface area (Å²) >= 11 is 0. The highest BCUT2D eigenvalue weighted by atomic mass is 16.5. The quantitative estimate of drug-likeness (QED) is 0.486. The fourth-order valence-electron chi connectivity index (χ4n) is 3.90. The molecular weight excluding hydrogens is 458 g/mol. The first-order chi connectivity index (χ1) is 17.0. The highest BCUT2D eigenvalue weighted by Crippen LogP contribution is 2.31. The third-order valence-electron chi connectivity index (χ3n) is 5.90. The van der Waals surface area contributed by atoms with Gasteiger partial charge in [0.25, 0.3) is 11.8 Å². The van der Waals surface area contributed by atoms with E-state index in [1.54, 1.807) is 39.1 Å². The standard InChI is InChI=1S/C27H29N5O4/c1-16-7-6-8-17(2)19(16)14-23-29-24(31-30-23)25(33)28-20-15-36-22-10-9-18(11-12-27(3,4)35)13-21(22)32(5)26(20)34/h6-10,13,20,35H,14-15H2,1-5H3,(H,28,33)(H,29,30,31)/t20-/m0/s1. The van der Waals surface area contributed by atoms with Crippen LogP contribution in [-0.2, 0) is 11.2 Å². The molecule has 9 nitrogen and oxygen atoms in total. The number of H-pyrrole nitrogens is 1. The van der Waals surface area contributed by atoms with Crippen LogP contribution in [0, 0.1) is 25.7 Å². The molecule has 0 unspecified atom stereocenters. The number of nitrogens with one attached hydrogen (secondary N) is 2. The highest BCUT2D eigenvalue weighted by molar-refractivity contribution is 6.02. The Kier molecular flexibility index (Phi) is 6.82. The van der Waals surface area contributed by atoms with Gasteiger partial charge in [0.2, 0.25) is 5.82 Å². The number of benzene rings is 2. The number of ether oxygens (including phenoxy) is 1. The molecule has 2 aromatic carbocycles. The molecule has 186 valence electrons. The lowest BCUT2D eigenvalue weighted by molar-refractivity contribution is -0.120. The topological polar surface area (TPSA) is 120 Å². The summed E-state index contributed by atoms with van der Waals surface area (Å²) in [4.78, 5) is 31.7. The number of anilines is 1. The number of carbonyl (C=O) groups excluding carboxylic acids is 2. The number of amides is 2. The molecule has 0 radical (unpaired) electrons. The van der Waals surface area contributed by atoms with Crippen LogP contribution in [0.2, 0.25) is 0 Å². The summed E-state index contributed by atoms with van der Waals surface area (Å²) in [7, 11) is 1.61. The Bertz CT molecular complexity index is 1360. The second kappa shape index (κ2) is 9.84. The maximum Gasteiger partial charge on any atom is 0.291 e. The third kappa shape index (κ3) is 5.56. The molecule has 0 spiro atoms. The van der Waals surface area contributed by atoms with Gasteiger partial charge in [0.05, 0.1) is 5.69 Å².